The summed E-state index contributed by atoms with van der Waals surface area (Å²) in [4.78, 5) is 20.8. The Hall–Kier alpha value is -2.99. The Labute approximate surface area is 171 Å². The lowest BCUT2D eigenvalue weighted by Crippen LogP contribution is -2.44. The zero-order valence-corrected chi connectivity index (χ0v) is 16.8. The molecule has 3 atom stereocenters. The van der Waals surface area contributed by atoms with Crippen molar-refractivity contribution < 1.29 is 13.6 Å². The van der Waals surface area contributed by atoms with Gasteiger partial charge in [0.25, 0.3) is 5.91 Å². The number of carbonyl (C=O) groups excluding carboxylic acids is 1. The molecule has 0 radical (unpaired) electrons. The number of aliphatic imine (C=N–C) groups is 1. The van der Waals surface area contributed by atoms with E-state index in [9.17, 15) is 13.6 Å². The summed E-state index contributed by atoms with van der Waals surface area (Å²) in [5.41, 5.74) is 5.56. The molecular weight excluding hydrogens is 396 g/mol. The number of benzene rings is 1. The molecule has 1 aromatic heterocycles. The van der Waals surface area contributed by atoms with Crippen molar-refractivity contribution in [2.24, 2.45) is 10.7 Å². The summed E-state index contributed by atoms with van der Waals surface area (Å²) >= 11 is 1.10. The molecular formula is C20H19F2N5OS. The number of pyridine rings is 1. The maximum absolute atomic E-state index is 15.0. The molecule has 150 valence electrons. The average molecular weight is 415 g/mol. The molecule has 3 rings (SSSR count). The first kappa shape index (κ1) is 20.7. The van der Waals surface area contributed by atoms with Gasteiger partial charge < -0.3 is 11.1 Å². The number of anilines is 1. The van der Waals surface area contributed by atoms with Gasteiger partial charge in [-0.15, -0.1) is 0 Å². The molecule has 9 heteroatoms. The summed E-state index contributed by atoms with van der Waals surface area (Å²) < 4.78 is 29.6. The lowest BCUT2D eigenvalue weighted by Gasteiger charge is -2.37. The molecule has 0 spiro atoms. The molecule has 0 fully saturated rings. The lowest BCUT2D eigenvalue weighted by atomic mass is 9.85. The molecule has 3 N–H and O–H groups in total. The SMILES string of the molecule is Cc1cc(C#N)cnc1C(=O)Nc1ccc(F)c([C@@]2(C)N=C(N)S[C@H](C)[C@@H]2F)c1. The van der Waals surface area contributed by atoms with Gasteiger partial charge in [-0.3, -0.25) is 4.79 Å². The molecule has 2 heterocycles. The quantitative estimate of drug-likeness (QED) is 0.796. The van der Waals surface area contributed by atoms with Crippen molar-refractivity contribution in [3.63, 3.8) is 0 Å². The highest BCUT2D eigenvalue weighted by Crippen LogP contribution is 2.42. The molecule has 0 bridgehead atoms. The van der Waals surface area contributed by atoms with Gasteiger partial charge in [-0.2, -0.15) is 5.26 Å². The summed E-state index contributed by atoms with van der Waals surface area (Å²) in [5, 5.41) is 11.2. The molecule has 0 saturated carbocycles. The van der Waals surface area contributed by atoms with Crippen LogP contribution in [0.15, 0.2) is 35.5 Å². The van der Waals surface area contributed by atoms with Crippen molar-refractivity contribution in [1.82, 2.24) is 4.98 Å². The Kier molecular flexibility index (Phi) is 5.57. The van der Waals surface area contributed by atoms with Crippen LogP contribution in [0.4, 0.5) is 14.5 Å². The number of amidine groups is 1. The number of nitrogens with two attached hydrogens (primary N) is 1. The van der Waals surface area contributed by atoms with Crippen LogP contribution in [-0.4, -0.2) is 27.5 Å². The Morgan fingerprint density at radius 2 is 2.14 bits per heavy atom. The predicted octanol–water partition coefficient (Wildman–Crippen LogP) is 3.66. The number of hydrogen-bond donors (Lipinski definition) is 2. The first-order chi connectivity index (χ1) is 13.7. The Bertz CT molecular complexity index is 1050. The molecule has 0 unspecified atom stereocenters. The number of nitrogens with zero attached hydrogens (tertiary/aromatic N) is 3. The van der Waals surface area contributed by atoms with Crippen molar-refractivity contribution in [3.05, 3.63) is 58.7 Å². The Morgan fingerprint density at radius 1 is 1.41 bits per heavy atom. The second-order valence-corrected chi connectivity index (χ2v) is 8.37. The first-order valence-electron chi connectivity index (χ1n) is 8.80. The van der Waals surface area contributed by atoms with E-state index in [0.29, 0.717) is 11.1 Å². The van der Waals surface area contributed by atoms with E-state index in [-0.39, 0.29) is 22.1 Å². The number of nitriles is 1. The van der Waals surface area contributed by atoms with Gasteiger partial charge in [-0.05, 0) is 50.6 Å². The minimum atomic E-state index is -1.51. The van der Waals surface area contributed by atoms with Gasteiger partial charge in [0.15, 0.2) is 5.17 Å². The number of thioether (sulfide) groups is 1. The van der Waals surface area contributed by atoms with Crippen LogP contribution in [0, 0.1) is 24.1 Å². The highest BCUT2D eigenvalue weighted by Gasteiger charge is 2.45. The predicted molar refractivity (Wildman–Crippen MR) is 109 cm³/mol. The second-order valence-electron chi connectivity index (χ2n) is 6.97. The number of carbonyl (C=O) groups is 1. The maximum Gasteiger partial charge on any atom is 0.274 e. The number of aromatic nitrogens is 1. The van der Waals surface area contributed by atoms with Crippen molar-refractivity contribution in [3.8, 4) is 6.07 Å². The van der Waals surface area contributed by atoms with E-state index < -0.39 is 28.7 Å². The molecule has 1 aliphatic heterocycles. The van der Waals surface area contributed by atoms with E-state index in [1.54, 1.807) is 19.9 Å². The number of aryl methyl sites for hydroxylation is 1. The third-order valence-corrected chi connectivity index (χ3v) is 5.73. The van der Waals surface area contributed by atoms with E-state index in [1.807, 2.05) is 6.07 Å². The molecule has 0 saturated heterocycles. The molecule has 2 aromatic rings. The molecule has 6 nitrogen and oxygen atoms in total. The number of alkyl halides is 1. The Morgan fingerprint density at radius 3 is 2.79 bits per heavy atom. The monoisotopic (exact) mass is 415 g/mol. The second kappa shape index (κ2) is 7.79. The summed E-state index contributed by atoms with van der Waals surface area (Å²) in [6.45, 7) is 4.81. The highest BCUT2D eigenvalue weighted by molar-refractivity contribution is 8.14. The van der Waals surface area contributed by atoms with Gasteiger partial charge in [0.2, 0.25) is 0 Å². The van der Waals surface area contributed by atoms with Gasteiger partial charge in [-0.1, -0.05) is 11.8 Å². The number of hydrogen-bond acceptors (Lipinski definition) is 6. The van der Waals surface area contributed by atoms with E-state index in [0.717, 1.165) is 17.8 Å². The van der Waals surface area contributed by atoms with Gasteiger partial charge in [-0.25, -0.2) is 18.8 Å². The minimum Gasteiger partial charge on any atom is -0.379 e. The fourth-order valence-electron chi connectivity index (χ4n) is 3.29. The van der Waals surface area contributed by atoms with Gasteiger partial charge >= 0.3 is 0 Å². The van der Waals surface area contributed by atoms with Gasteiger partial charge in [0, 0.05) is 22.7 Å². The van der Waals surface area contributed by atoms with Crippen LogP contribution in [0.25, 0.3) is 0 Å². The van der Waals surface area contributed by atoms with Gasteiger partial charge in [0.05, 0.1) is 5.56 Å². The van der Waals surface area contributed by atoms with E-state index in [4.69, 9.17) is 11.0 Å². The van der Waals surface area contributed by atoms with Crippen molar-refractivity contribution in [1.29, 1.82) is 5.26 Å². The van der Waals surface area contributed by atoms with Crippen LogP contribution in [0.5, 0.6) is 0 Å². The topological polar surface area (TPSA) is 104 Å². The van der Waals surface area contributed by atoms with Crippen molar-refractivity contribution >= 4 is 28.5 Å². The fraction of sp³-hybridized carbons (Fsp3) is 0.300. The van der Waals surface area contributed by atoms with E-state index >= 15 is 0 Å². The standard InChI is InChI=1S/C20H19F2N5OS/c1-10-6-12(8-23)9-25-16(10)18(28)26-13-4-5-15(21)14(7-13)20(3)17(22)11(2)29-19(24)27-20/h4-7,9,11,17H,1-3H3,(H2,24,27)(H,26,28)/t11-,17+,20-/m1/s1. The molecule has 1 aromatic carbocycles. The molecule has 1 amide bonds. The van der Waals surface area contributed by atoms with Crippen molar-refractivity contribution in [2.75, 3.05) is 5.32 Å². The van der Waals surface area contributed by atoms with Crippen LogP contribution in [0.3, 0.4) is 0 Å². The number of nitrogens with one attached hydrogen (secondary N) is 1. The van der Waals surface area contributed by atoms with Crippen LogP contribution >= 0.6 is 11.8 Å². The lowest BCUT2D eigenvalue weighted by molar-refractivity contribution is 0.102. The molecule has 0 aliphatic carbocycles. The molecule has 29 heavy (non-hydrogen) atoms. The maximum atomic E-state index is 15.0. The smallest absolute Gasteiger partial charge is 0.274 e. The molecule has 1 aliphatic rings. The zero-order chi connectivity index (χ0) is 21.3. The van der Waals surface area contributed by atoms with E-state index in [2.05, 4.69) is 15.3 Å². The normalized spacial score (nSPS) is 23.8. The highest BCUT2D eigenvalue weighted by atomic mass is 32.2. The number of halogens is 2. The summed E-state index contributed by atoms with van der Waals surface area (Å²) in [6, 6.07) is 7.39. The largest absolute Gasteiger partial charge is 0.379 e. The van der Waals surface area contributed by atoms with Gasteiger partial charge in [0.1, 0.15) is 29.3 Å². The summed E-state index contributed by atoms with van der Waals surface area (Å²) in [6.07, 6.45) is -0.173. The Balaban J connectivity index is 1.95. The third kappa shape index (κ3) is 3.93. The van der Waals surface area contributed by atoms with Crippen LogP contribution in [0.2, 0.25) is 0 Å². The van der Waals surface area contributed by atoms with Crippen LogP contribution < -0.4 is 11.1 Å². The number of rotatable bonds is 3. The van der Waals surface area contributed by atoms with Crippen LogP contribution in [-0.2, 0) is 5.54 Å². The third-order valence-electron chi connectivity index (χ3n) is 4.79. The van der Waals surface area contributed by atoms with Crippen LogP contribution in [0.1, 0.15) is 41.0 Å². The summed E-state index contributed by atoms with van der Waals surface area (Å²) in [5.74, 6) is -1.17. The first-order valence-corrected chi connectivity index (χ1v) is 9.68. The minimum absolute atomic E-state index is 0.00223. The summed E-state index contributed by atoms with van der Waals surface area (Å²) in [7, 11) is 0. The average Bonchev–Trinajstić information content (AvgIpc) is 2.67. The fourth-order valence-corrected chi connectivity index (χ4v) is 4.30. The van der Waals surface area contributed by atoms with Crippen molar-refractivity contribution in [2.45, 2.75) is 37.7 Å². The van der Waals surface area contributed by atoms with E-state index in [1.165, 1.54) is 25.3 Å². The zero-order valence-electron chi connectivity index (χ0n) is 16.0. The number of amides is 1.